The molecule has 4 rings (SSSR count). The fraction of sp³-hybridized carbons (Fsp3) is 0.154. The number of carbonyl (C=O) groups is 2. The highest BCUT2D eigenvalue weighted by Crippen LogP contribution is 2.36. The molecular formula is C26H24N2O3. The van der Waals surface area contributed by atoms with Crippen molar-refractivity contribution in [3.63, 3.8) is 0 Å². The number of benzene rings is 3. The molecule has 0 radical (unpaired) electrons. The molecule has 1 aliphatic rings. The largest absolute Gasteiger partial charge is 0.497 e. The van der Waals surface area contributed by atoms with Gasteiger partial charge in [-0.3, -0.25) is 9.59 Å². The zero-order valence-electron chi connectivity index (χ0n) is 17.6. The maximum Gasteiger partial charge on any atom is 0.282 e. The Labute approximate surface area is 182 Å². The highest BCUT2D eigenvalue weighted by Gasteiger charge is 2.42. The Kier molecular flexibility index (Phi) is 5.85. The van der Waals surface area contributed by atoms with Crippen LogP contribution in [0, 0.1) is 0 Å². The Morgan fingerprint density at radius 2 is 1.52 bits per heavy atom. The summed E-state index contributed by atoms with van der Waals surface area (Å²) in [5.41, 5.74) is 3.14. The van der Waals surface area contributed by atoms with Gasteiger partial charge in [0.05, 0.1) is 18.4 Å². The molecule has 0 N–H and O–H groups in total. The van der Waals surface area contributed by atoms with E-state index in [1.165, 1.54) is 4.90 Å². The minimum atomic E-state index is -0.328. The van der Waals surface area contributed by atoms with Gasteiger partial charge in [0.1, 0.15) is 11.4 Å². The van der Waals surface area contributed by atoms with Crippen LogP contribution in [0.2, 0.25) is 0 Å². The van der Waals surface area contributed by atoms with Gasteiger partial charge >= 0.3 is 0 Å². The number of carbonyl (C=O) groups excluding carboxylic acids is 2. The van der Waals surface area contributed by atoms with E-state index < -0.39 is 0 Å². The quantitative estimate of drug-likeness (QED) is 0.536. The summed E-state index contributed by atoms with van der Waals surface area (Å²) < 4.78 is 5.30. The van der Waals surface area contributed by atoms with E-state index in [0.717, 1.165) is 11.1 Å². The number of hydrogen-bond acceptors (Lipinski definition) is 4. The summed E-state index contributed by atoms with van der Waals surface area (Å²) >= 11 is 0. The number of rotatable bonds is 7. The molecule has 2 amide bonds. The van der Waals surface area contributed by atoms with Crippen LogP contribution in [0.15, 0.2) is 90.6 Å². The van der Waals surface area contributed by atoms with Crippen LogP contribution in [-0.2, 0) is 16.1 Å². The van der Waals surface area contributed by atoms with E-state index in [9.17, 15) is 9.59 Å². The Morgan fingerprint density at radius 1 is 0.839 bits per heavy atom. The van der Waals surface area contributed by atoms with Crippen LogP contribution in [0.1, 0.15) is 18.1 Å². The van der Waals surface area contributed by atoms with E-state index in [4.69, 9.17) is 4.74 Å². The van der Waals surface area contributed by atoms with Crippen molar-refractivity contribution in [2.75, 3.05) is 18.6 Å². The molecule has 5 nitrogen and oxygen atoms in total. The van der Waals surface area contributed by atoms with Gasteiger partial charge < -0.3 is 9.64 Å². The van der Waals surface area contributed by atoms with Gasteiger partial charge in [0.15, 0.2) is 0 Å². The topological polar surface area (TPSA) is 49.9 Å². The lowest BCUT2D eigenvalue weighted by molar-refractivity contribution is -0.120. The highest BCUT2D eigenvalue weighted by molar-refractivity contribution is 6.45. The monoisotopic (exact) mass is 412 g/mol. The van der Waals surface area contributed by atoms with Crippen LogP contribution in [0.3, 0.4) is 0 Å². The Bertz CT molecular complexity index is 1120. The maximum absolute atomic E-state index is 13.7. The molecule has 5 heteroatoms. The lowest BCUT2D eigenvalue weighted by Gasteiger charge is -2.25. The molecule has 1 heterocycles. The number of amides is 2. The van der Waals surface area contributed by atoms with Gasteiger partial charge in [0.25, 0.3) is 11.8 Å². The number of methoxy groups -OCH3 is 1. The van der Waals surface area contributed by atoms with Crippen LogP contribution in [0.4, 0.5) is 5.69 Å². The summed E-state index contributed by atoms with van der Waals surface area (Å²) in [6.07, 6.45) is 0. The van der Waals surface area contributed by atoms with E-state index in [2.05, 4.69) is 0 Å². The molecule has 0 aliphatic carbocycles. The average molecular weight is 412 g/mol. The van der Waals surface area contributed by atoms with Gasteiger partial charge in [-0.15, -0.1) is 0 Å². The van der Waals surface area contributed by atoms with Crippen molar-refractivity contribution in [3.8, 4) is 5.75 Å². The molecule has 3 aromatic carbocycles. The van der Waals surface area contributed by atoms with E-state index in [0.29, 0.717) is 35.8 Å². The summed E-state index contributed by atoms with van der Waals surface area (Å²) in [6, 6.07) is 26.3. The molecule has 0 saturated heterocycles. The first-order chi connectivity index (χ1) is 15.1. The third-order valence-corrected chi connectivity index (χ3v) is 5.35. The number of hydrogen-bond donors (Lipinski definition) is 0. The first-order valence-corrected chi connectivity index (χ1v) is 10.3. The number of likely N-dealkylation sites (N-methyl/N-ethyl adjacent to an activating group) is 1. The first kappa shape index (κ1) is 20.4. The van der Waals surface area contributed by atoms with Crippen molar-refractivity contribution in [1.82, 2.24) is 4.90 Å². The molecule has 3 aromatic rings. The summed E-state index contributed by atoms with van der Waals surface area (Å²) in [5.74, 6) is -0.0645. The molecule has 0 atom stereocenters. The standard InChI is InChI=1S/C26H24N2O3/c1-3-27(18-19-11-6-4-7-12-19)24-23(20-13-8-5-9-14-20)25(29)28(26(24)30)21-15-10-16-22(17-21)31-2/h4-17H,3,18H2,1-2H3. The average Bonchev–Trinajstić information content (AvgIpc) is 3.08. The van der Waals surface area contributed by atoms with E-state index in [1.807, 2.05) is 72.5 Å². The van der Waals surface area contributed by atoms with Gasteiger partial charge in [-0.1, -0.05) is 66.7 Å². The number of nitrogens with zero attached hydrogens (tertiary/aromatic N) is 2. The minimum absolute atomic E-state index is 0.324. The van der Waals surface area contributed by atoms with Gasteiger partial charge in [0, 0.05) is 19.2 Å². The fourth-order valence-corrected chi connectivity index (χ4v) is 3.81. The molecule has 156 valence electrons. The van der Waals surface area contributed by atoms with Crippen molar-refractivity contribution in [2.45, 2.75) is 13.5 Å². The van der Waals surface area contributed by atoms with Crippen molar-refractivity contribution in [1.29, 1.82) is 0 Å². The molecule has 0 saturated carbocycles. The summed E-state index contributed by atoms with van der Waals surface area (Å²) in [6.45, 7) is 3.12. The second kappa shape index (κ2) is 8.88. The molecule has 31 heavy (non-hydrogen) atoms. The highest BCUT2D eigenvalue weighted by atomic mass is 16.5. The zero-order valence-corrected chi connectivity index (χ0v) is 17.6. The second-order valence-electron chi connectivity index (χ2n) is 7.24. The first-order valence-electron chi connectivity index (χ1n) is 10.3. The number of ether oxygens (including phenoxy) is 1. The molecule has 1 aliphatic heterocycles. The van der Waals surface area contributed by atoms with E-state index >= 15 is 0 Å². The number of anilines is 1. The Morgan fingerprint density at radius 3 is 2.16 bits per heavy atom. The van der Waals surface area contributed by atoms with E-state index in [-0.39, 0.29) is 11.8 Å². The summed E-state index contributed by atoms with van der Waals surface area (Å²) in [5, 5.41) is 0. The lowest BCUT2D eigenvalue weighted by Crippen LogP contribution is -2.35. The van der Waals surface area contributed by atoms with Crippen LogP contribution in [0.25, 0.3) is 5.57 Å². The third kappa shape index (κ3) is 3.94. The normalized spacial score (nSPS) is 13.7. The molecule has 0 spiro atoms. The SMILES string of the molecule is CCN(Cc1ccccc1)C1=C(c2ccccc2)C(=O)N(c2cccc(OC)c2)C1=O. The molecule has 0 aromatic heterocycles. The van der Waals surface area contributed by atoms with Gasteiger partial charge in [-0.25, -0.2) is 4.90 Å². The number of imide groups is 1. The van der Waals surface area contributed by atoms with E-state index in [1.54, 1.807) is 31.4 Å². The van der Waals surface area contributed by atoms with Crippen LogP contribution >= 0.6 is 0 Å². The van der Waals surface area contributed by atoms with Crippen LogP contribution in [0.5, 0.6) is 5.75 Å². The molecule has 0 bridgehead atoms. The van der Waals surface area contributed by atoms with Crippen LogP contribution < -0.4 is 9.64 Å². The van der Waals surface area contributed by atoms with Crippen molar-refractivity contribution in [2.24, 2.45) is 0 Å². The van der Waals surface area contributed by atoms with Crippen molar-refractivity contribution >= 4 is 23.1 Å². The van der Waals surface area contributed by atoms with Gasteiger partial charge in [0.2, 0.25) is 0 Å². The summed E-state index contributed by atoms with van der Waals surface area (Å²) in [7, 11) is 1.56. The minimum Gasteiger partial charge on any atom is -0.497 e. The Hall–Kier alpha value is -3.86. The molecule has 0 unspecified atom stereocenters. The summed E-state index contributed by atoms with van der Waals surface area (Å²) in [4.78, 5) is 30.4. The maximum atomic E-state index is 13.7. The third-order valence-electron chi connectivity index (χ3n) is 5.35. The smallest absolute Gasteiger partial charge is 0.282 e. The fourth-order valence-electron chi connectivity index (χ4n) is 3.81. The zero-order chi connectivity index (χ0) is 21.8. The van der Waals surface area contributed by atoms with Crippen LogP contribution in [-0.4, -0.2) is 30.4 Å². The van der Waals surface area contributed by atoms with Crippen molar-refractivity contribution < 1.29 is 14.3 Å². The second-order valence-corrected chi connectivity index (χ2v) is 7.24. The predicted molar refractivity (Wildman–Crippen MR) is 121 cm³/mol. The molecule has 0 fully saturated rings. The Balaban J connectivity index is 1.82. The van der Waals surface area contributed by atoms with Gasteiger partial charge in [-0.2, -0.15) is 0 Å². The van der Waals surface area contributed by atoms with Crippen molar-refractivity contribution in [3.05, 3.63) is 102 Å². The molecular weight excluding hydrogens is 388 g/mol. The lowest BCUT2D eigenvalue weighted by atomic mass is 10.0. The predicted octanol–water partition coefficient (Wildman–Crippen LogP) is 4.50. The van der Waals surface area contributed by atoms with Gasteiger partial charge in [-0.05, 0) is 30.2 Å².